The molecule has 0 aliphatic heterocycles. The lowest BCUT2D eigenvalue weighted by atomic mass is 10.3. The van der Waals surface area contributed by atoms with E-state index in [0.29, 0.717) is 11.9 Å². The maximum Gasteiger partial charge on any atom is 0.0441 e. The van der Waals surface area contributed by atoms with Gasteiger partial charge in [-0.3, -0.25) is 0 Å². The normalized spacial score (nSPS) is 13.2. The Hall–Kier alpha value is 0.01000. The van der Waals surface area contributed by atoms with Gasteiger partial charge in [0, 0.05) is 17.6 Å². The number of thioether (sulfide) groups is 1. The number of rotatable bonds is 5. The van der Waals surface area contributed by atoms with Crippen LogP contribution in [0.3, 0.4) is 0 Å². The summed E-state index contributed by atoms with van der Waals surface area (Å²) in [5, 5.41) is 13.5. The molecular formula is C9H14OS2. The van der Waals surface area contributed by atoms with Crippen LogP contribution in [-0.2, 0) is 5.75 Å². The summed E-state index contributed by atoms with van der Waals surface area (Å²) in [6, 6.07) is 2.16. The minimum absolute atomic E-state index is 0.303. The van der Waals surface area contributed by atoms with Gasteiger partial charge in [0.2, 0.25) is 0 Å². The highest BCUT2D eigenvalue weighted by Crippen LogP contribution is 2.20. The third kappa shape index (κ3) is 3.61. The number of aliphatic hydroxyl groups excluding tert-OH is 1. The van der Waals surface area contributed by atoms with Crippen LogP contribution in [0.25, 0.3) is 0 Å². The second-order valence-corrected chi connectivity index (χ2v) is 4.97. The van der Waals surface area contributed by atoms with Crippen molar-refractivity contribution in [3.8, 4) is 0 Å². The molecular weight excluding hydrogens is 188 g/mol. The first-order chi connectivity index (χ1) is 5.83. The molecule has 1 nitrogen and oxygen atoms in total. The molecule has 1 aromatic heterocycles. The lowest BCUT2D eigenvalue weighted by Gasteiger charge is -2.07. The Labute approximate surface area is 81.8 Å². The predicted octanol–water partition coefficient (Wildman–Crippen LogP) is 2.75. The largest absolute Gasteiger partial charge is 0.396 e. The van der Waals surface area contributed by atoms with Crippen molar-refractivity contribution in [2.24, 2.45) is 0 Å². The zero-order chi connectivity index (χ0) is 8.81. The molecule has 0 radical (unpaired) electrons. The second kappa shape index (κ2) is 5.62. The first-order valence-electron chi connectivity index (χ1n) is 4.06. The Morgan fingerprint density at radius 2 is 2.50 bits per heavy atom. The highest BCUT2D eigenvalue weighted by molar-refractivity contribution is 7.99. The van der Waals surface area contributed by atoms with Crippen LogP contribution in [0.2, 0.25) is 0 Å². The van der Waals surface area contributed by atoms with Gasteiger partial charge < -0.3 is 5.11 Å². The molecule has 1 aromatic rings. The van der Waals surface area contributed by atoms with E-state index in [9.17, 15) is 0 Å². The monoisotopic (exact) mass is 202 g/mol. The number of hydrogen-bond acceptors (Lipinski definition) is 3. The van der Waals surface area contributed by atoms with Gasteiger partial charge in [-0.25, -0.2) is 0 Å². The molecule has 0 aliphatic rings. The van der Waals surface area contributed by atoms with Crippen LogP contribution in [0, 0.1) is 0 Å². The summed E-state index contributed by atoms with van der Waals surface area (Å²) < 4.78 is 0. The van der Waals surface area contributed by atoms with E-state index in [1.165, 1.54) is 5.56 Å². The Kier molecular flexibility index (Phi) is 4.73. The van der Waals surface area contributed by atoms with Crippen LogP contribution < -0.4 is 0 Å². The maximum absolute atomic E-state index is 8.68. The highest BCUT2D eigenvalue weighted by Gasteiger charge is 2.01. The van der Waals surface area contributed by atoms with Crippen molar-refractivity contribution in [2.45, 2.75) is 24.3 Å². The lowest BCUT2D eigenvalue weighted by molar-refractivity contribution is 0.289. The van der Waals surface area contributed by atoms with E-state index in [4.69, 9.17) is 5.11 Å². The topological polar surface area (TPSA) is 20.2 Å². The summed E-state index contributed by atoms with van der Waals surface area (Å²) in [4.78, 5) is 0. The molecule has 1 rings (SSSR count). The third-order valence-corrected chi connectivity index (χ3v) is 3.69. The van der Waals surface area contributed by atoms with E-state index >= 15 is 0 Å². The average molecular weight is 202 g/mol. The fourth-order valence-electron chi connectivity index (χ4n) is 0.878. The Morgan fingerprint density at radius 3 is 3.08 bits per heavy atom. The first kappa shape index (κ1) is 10.1. The van der Waals surface area contributed by atoms with Crippen LogP contribution in [0.4, 0.5) is 0 Å². The molecule has 0 spiro atoms. The van der Waals surface area contributed by atoms with Crippen LogP contribution in [-0.4, -0.2) is 17.0 Å². The molecule has 68 valence electrons. The van der Waals surface area contributed by atoms with Crippen molar-refractivity contribution >= 4 is 23.1 Å². The molecule has 1 unspecified atom stereocenters. The van der Waals surface area contributed by atoms with E-state index in [1.54, 1.807) is 11.3 Å². The summed E-state index contributed by atoms with van der Waals surface area (Å²) >= 11 is 3.65. The maximum atomic E-state index is 8.68. The zero-order valence-electron chi connectivity index (χ0n) is 7.19. The standard InChI is InChI=1S/C9H14OS2/c1-8(2-4-10)12-7-9-3-5-11-6-9/h3,5-6,8,10H,2,4,7H2,1H3. The van der Waals surface area contributed by atoms with Crippen LogP contribution in [0.5, 0.6) is 0 Å². The highest BCUT2D eigenvalue weighted by atomic mass is 32.2. The molecule has 1 atom stereocenters. The molecule has 0 saturated carbocycles. The van der Waals surface area contributed by atoms with Crippen molar-refractivity contribution in [1.29, 1.82) is 0 Å². The zero-order valence-corrected chi connectivity index (χ0v) is 8.83. The average Bonchev–Trinajstić information content (AvgIpc) is 2.53. The fourth-order valence-corrected chi connectivity index (χ4v) is 2.58. The lowest BCUT2D eigenvalue weighted by Crippen LogP contribution is -1.99. The quantitative estimate of drug-likeness (QED) is 0.792. The molecule has 0 fully saturated rings. The molecule has 1 heterocycles. The molecule has 0 aliphatic carbocycles. The summed E-state index contributed by atoms with van der Waals surface area (Å²) in [5.41, 5.74) is 1.40. The smallest absolute Gasteiger partial charge is 0.0441 e. The minimum atomic E-state index is 0.303. The van der Waals surface area contributed by atoms with Crippen LogP contribution >= 0.6 is 23.1 Å². The predicted molar refractivity (Wildman–Crippen MR) is 56.8 cm³/mol. The summed E-state index contributed by atoms with van der Waals surface area (Å²) in [6.07, 6.45) is 0.898. The molecule has 12 heavy (non-hydrogen) atoms. The van der Waals surface area contributed by atoms with E-state index in [1.807, 2.05) is 11.8 Å². The molecule has 3 heteroatoms. The molecule has 0 bridgehead atoms. The van der Waals surface area contributed by atoms with E-state index < -0.39 is 0 Å². The molecule has 0 amide bonds. The van der Waals surface area contributed by atoms with Gasteiger partial charge in [-0.15, -0.1) is 0 Å². The van der Waals surface area contributed by atoms with Crippen LogP contribution in [0.15, 0.2) is 16.8 Å². The second-order valence-electron chi connectivity index (χ2n) is 2.77. The fraction of sp³-hybridized carbons (Fsp3) is 0.556. The minimum Gasteiger partial charge on any atom is -0.396 e. The van der Waals surface area contributed by atoms with Gasteiger partial charge in [0.15, 0.2) is 0 Å². The van der Waals surface area contributed by atoms with Gasteiger partial charge in [-0.1, -0.05) is 6.92 Å². The molecule has 0 saturated heterocycles. The van der Waals surface area contributed by atoms with E-state index in [2.05, 4.69) is 23.8 Å². The van der Waals surface area contributed by atoms with Crippen molar-refractivity contribution in [1.82, 2.24) is 0 Å². The van der Waals surface area contributed by atoms with Gasteiger partial charge in [-0.05, 0) is 28.8 Å². The van der Waals surface area contributed by atoms with Gasteiger partial charge in [-0.2, -0.15) is 23.1 Å². The van der Waals surface area contributed by atoms with Gasteiger partial charge in [0.05, 0.1) is 0 Å². The van der Waals surface area contributed by atoms with Crippen molar-refractivity contribution in [3.05, 3.63) is 22.4 Å². The van der Waals surface area contributed by atoms with Gasteiger partial charge in [0.25, 0.3) is 0 Å². The number of thiophene rings is 1. The van der Waals surface area contributed by atoms with Gasteiger partial charge >= 0.3 is 0 Å². The van der Waals surface area contributed by atoms with Gasteiger partial charge in [0.1, 0.15) is 0 Å². The van der Waals surface area contributed by atoms with E-state index in [-0.39, 0.29) is 0 Å². The van der Waals surface area contributed by atoms with Crippen LogP contribution in [0.1, 0.15) is 18.9 Å². The SMILES string of the molecule is CC(CCO)SCc1ccsc1. The Bertz CT molecular complexity index is 196. The first-order valence-corrected chi connectivity index (χ1v) is 6.05. The van der Waals surface area contributed by atoms with Crippen molar-refractivity contribution < 1.29 is 5.11 Å². The third-order valence-electron chi connectivity index (χ3n) is 1.65. The van der Waals surface area contributed by atoms with Crippen molar-refractivity contribution in [2.75, 3.05) is 6.61 Å². The number of aliphatic hydroxyl groups is 1. The Balaban J connectivity index is 2.17. The summed E-state index contributed by atoms with van der Waals surface area (Å²) in [7, 11) is 0. The molecule has 0 aromatic carbocycles. The Morgan fingerprint density at radius 1 is 1.67 bits per heavy atom. The summed E-state index contributed by atoms with van der Waals surface area (Å²) in [6.45, 7) is 2.46. The van der Waals surface area contributed by atoms with Crippen molar-refractivity contribution in [3.63, 3.8) is 0 Å². The van der Waals surface area contributed by atoms with E-state index in [0.717, 1.165) is 12.2 Å². The molecule has 1 N–H and O–H groups in total. The summed E-state index contributed by atoms with van der Waals surface area (Å²) in [5.74, 6) is 1.07. The number of hydrogen-bond donors (Lipinski definition) is 1.